The van der Waals surface area contributed by atoms with Crippen LogP contribution in [0.1, 0.15) is 66.2 Å². The predicted molar refractivity (Wildman–Crippen MR) is 122 cm³/mol. The van der Waals surface area contributed by atoms with Gasteiger partial charge in [-0.3, -0.25) is 0 Å². The molecular weight excluding hydrogens is 400 g/mol. The van der Waals surface area contributed by atoms with E-state index in [2.05, 4.69) is 36.0 Å². The van der Waals surface area contributed by atoms with E-state index in [4.69, 9.17) is 9.47 Å². The summed E-state index contributed by atoms with van der Waals surface area (Å²) >= 11 is 0. The van der Waals surface area contributed by atoms with E-state index in [0.29, 0.717) is 5.92 Å². The highest BCUT2D eigenvalue weighted by atomic mass is 32.2. The zero-order valence-corrected chi connectivity index (χ0v) is 19.6. The Morgan fingerprint density at radius 2 is 1.63 bits per heavy atom. The van der Waals surface area contributed by atoms with Crippen LogP contribution < -0.4 is 14.8 Å². The van der Waals surface area contributed by atoms with Gasteiger partial charge in [0, 0.05) is 31.1 Å². The summed E-state index contributed by atoms with van der Waals surface area (Å²) in [6.07, 6.45) is 6.47. The Morgan fingerprint density at radius 1 is 1.03 bits per heavy atom. The molecule has 2 fully saturated rings. The third-order valence-electron chi connectivity index (χ3n) is 6.20. The molecule has 2 unspecified atom stereocenters. The molecule has 0 radical (unpaired) electrons. The normalized spacial score (nSPS) is 30.2. The number of benzene rings is 1. The first-order valence-corrected chi connectivity index (χ1v) is 12.9. The summed E-state index contributed by atoms with van der Waals surface area (Å²) in [7, 11) is -3.18. The lowest BCUT2D eigenvalue weighted by Gasteiger charge is -2.32. The van der Waals surface area contributed by atoms with Gasteiger partial charge in [-0.15, -0.1) is 0 Å². The van der Waals surface area contributed by atoms with Gasteiger partial charge in [0.2, 0.25) is 10.0 Å². The molecule has 0 spiro atoms. The number of anilines is 1. The highest BCUT2D eigenvalue weighted by molar-refractivity contribution is 7.90. The van der Waals surface area contributed by atoms with Gasteiger partial charge in [0.05, 0.1) is 17.5 Å². The number of nitrogens with one attached hydrogen (secondary N) is 2. The number of hydrogen-bond acceptors (Lipinski definition) is 5. The van der Waals surface area contributed by atoms with Crippen LogP contribution in [0.15, 0.2) is 24.3 Å². The number of ether oxygens (including phenoxy) is 2. The molecule has 1 aliphatic carbocycles. The molecule has 1 aromatic rings. The quantitative estimate of drug-likeness (QED) is 0.632. The largest absolute Gasteiger partial charge is 0.490 e. The fourth-order valence-corrected chi connectivity index (χ4v) is 5.37. The zero-order valence-electron chi connectivity index (χ0n) is 18.8. The number of rotatable bonds is 8. The summed E-state index contributed by atoms with van der Waals surface area (Å²) < 4.78 is 38.9. The first-order chi connectivity index (χ1) is 14.2. The molecule has 1 heterocycles. The van der Waals surface area contributed by atoms with Gasteiger partial charge in [0.25, 0.3) is 0 Å². The van der Waals surface area contributed by atoms with Crippen LogP contribution in [0.3, 0.4) is 0 Å². The SMILES string of the molecule is CC1CC(Oc2ccc(NC[C@H]3CC[C@H](NS(=O)(=O)C(C)C)CC3)cc2)CC(C)O1. The maximum atomic E-state index is 12.0. The second-order valence-corrected chi connectivity index (χ2v) is 11.6. The molecule has 6 nitrogen and oxygen atoms in total. The first-order valence-electron chi connectivity index (χ1n) is 11.4. The molecule has 1 aromatic carbocycles. The van der Waals surface area contributed by atoms with Gasteiger partial charge in [-0.05, 0) is 83.6 Å². The van der Waals surface area contributed by atoms with Crippen LogP contribution in [0.2, 0.25) is 0 Å². The summed E-state index contributed by atoms with van der Waals surface area (Å²) in [6, 6.07) is 8.30. The monoisotopic (exact) mass is 438 g/mol. The van der Waals surface area contributed by atoms with E-state index >= 15 is 0 Å². The van der Waals surface area contributed by atoms with Crippen LogP contribution >= 0.6 is 0 Å². The van der Waals surface area contributed by atoms with Gasteiger partial charge in [-0.2, -0.15) is 0 Å². The second kappa shape index (κ2) is 10.3. The van der Waals surface area contributed by atoms with Gasteiger partial charge in [0.15, 0.2) is 0 Å². The van der Waals surface area contributed by atoms with Crippen molar-refractivity contribution in [3.63, 3.8) is 0 Å². The van der Waals surface area contributed by atoms with Gasteiger partial charge >= 0.3 is 0 Å². The van der Waals surface area contributed by atoms with E-state index in [0.717, 1.165) is 56.5 Å². The first kappa shape index (κ1) is 23.4. The predicted octanol–water partition coefficient (Wildman–Crippen LogP) is 4.32. The molecule has 0 amide bonds. The van der Waals surface area contributed by atoms with Crippen LogP contribution in [0.4, 0.5) is 5.69 Å². The second-order valence-electron chi connectivity index (χ2n) is 9.30. The lowest BCUT2D eigenvalue weighted by Crippen LogP contribution is -2.41. The van der Waals surface area contributed by atoms with Crippen LogP contribution in [-0.2, 0) is 14.8 Å². The lowest BCUT2D eigenvalue weighted by molar-refractivity contribution is -0.0721. The van der Waals surface area contributed by atoms with Crippen molar-refractivity contribution >= 4 is 15.7 Å². The summed E-state index contributed by atoms with van der Waals surface area (Å²) in [5.41, 5.74) is 1.10. The Balaban J connectivity index is 1.39. The Labute approximate surface area is 182 Å². The Kier molecular flexibility index (Phi) is 8.04. The van der Waals surface area contributed by atoms with Crippen molar-refractivity contribution in [3.8, 4) is 5.75 Å². The zero-order chi connectivity index (χ0) is 21.7. The maximum absolute atomic E-state index is 12.0. The standard InChI is InChI=1S/C23H38N2O4S/c1-16(2)30(26,27)25-21-7-5-19(6-8-21)15-24-20-9-11-22(12-10-20)29-23-13-17(3)28-18(4)14-23/h9-12,16-19,21,23-25H,5-8,13-15H2,1-4H3/t17?,18?,19-,21-,23?. The van der Waals surface area contributed by atoms with Gasteiger partial charge in [0.1, 0.15) is 11.9 Å². The minimum absolute atomic E-state index is 0.0840. The van der Waals surface area contributed by atoms with E-state index in [1.54, 1.807) is 13.8 Å². The topological polar surface area (TPSA) is 76.7 Å². The molecule has 7 heteroatoms. The van der Waals surface area contributed by atoms with Crippen molar-refractivity contribution < 1.29 is 17.9 Å². The summed E-state index contributed by atoms with van der Waals surface area (Å²) in [5, 5.41) is 3.15. The molecule has 2 aliphatic rings. The minimum atomic E-state index is -3.18. The number of hydrogen-bond donors (Lipinski definition) is 2. The van der Waals surface area contributed by atoms with E-state index in [1.807, 2.05) is 12.1 Å². The van der Waals surface area contributed by atoms with E-state index in [9.17, 15) is 8.42 Å². The van der Waals surface area contributed by atoms with Crippen molar-refractivity contribution in [2.24, 2.45) is 5.92 Å². The van der Waals surface area contributed by atoms with Crippen LogP contribution in [-0.4, -0.2) is 44.6 Å². The molecule has 0 bridgehead atoms. The van der Waals surface area contributed by atoms with Crippen LogP contribution in [0.5, 0.6) is 5.75 Å². The van der Waals surface area contributed by atoms with Crippen LogP contribution in [0.25, 0.3) is 0 Å². The summed E-state index contributed by atoms with van der Waals surface area (Å²) in [6.45, 7) is 8.56. The Morgan fingerprint density at radius 3 is 2.20 bits per heavy atom. The molecule has 0 aromatic heterocycles. The fraction of sp³-hybridized carbons (Fsp3) is 0.739. The van der Waals surface area contributed by atoms with Crippen molar-refractivity contribution in [1.82, 2.24) is 4.72 Å². The van der Waals surface area contributed by atoms with Crippen molar-refractivity contribution in [2.75, 3.05) is 11.9 Å². The van der Waals surface area contributed by atoms with Crippen LogP contribution in [0, 0.1) is 5.92 Å². The van der Waals surface area contributed by atoms with Crippen molar-refractivity contribution in [2.45, 2.75) is 95.8 Å². The fourth-order valence-electron chi connectivity index (χ4n) is 4.40. The number of sulfonamides is 1. The lowest BCUT2D eigenvalue weighted by atomic mass is 9.86. The smallest absolute Gasteiger partial charge is 0.214 e. The molecule has 30 heavy (non-hydrogen) atoms. The van der Waals surface area contributed by atoms with Crippen molar-refractivity contribution in [3.05, 3.63) is 24.3 Å². The van der Waals surface area contributed by atoms with E-state index in [-0.39, 0.29) is 29.6 Å². The molecule has 1 saturated carbocycles. The van der Waals surface area contributed by atoms with Gasteiger partial charge < -0.3 is 14.8 Å². The molecule has 3 rings (SSSR count). The summed E-state index contributed by atoms with van der Waals surface area (Å²) in [5.74, 6) is 1.48. The highest BCUT2D eigenvalue weighted by Gasteiger charge is 2.27. The Bertz CT molecular complexity index is 748. The molecule has 2 atom stereocenters. The summed E-state index contributed by atoms with van der Waals surface area (Å²) in [4.78, 5) is 0. The average molecular weight is 439 g/mol. The van der Waals surface area contributed by atoms with Gasteiger partial charge in [-0.25, -0.2) is 13.1 Å². The molecular formula is C23H38N2O4S. The third kappa shape index (κ3) is 6.86. The Hall–Kier alpha value is -1.31. The van der Waals surface area contributed by atoms with E-state index < -0.39 is 10.0 Å². The molecule has 1 aliphatic heterocycles. The maximum Gasteiger partial charge on any atom is 0.214 e. The third-order valence-corrected chi connectivity index (χ3v) is 8.11. The minimum Gasteiger partial charge on any atom is -0.490 e. The van der Waals surface area contributed by atoms with E-state index in [1.165, 1.54) is 0 Å². The van der Waals surface area contributed by atoms with Gasteiger partial charge in [-0.1, -0.05) is 0 Å². The molecule has 2 N–H and O–H groups in total. The molecule has 170 valence electrons. The van der Waals surface area contributed by atoms with Crippen molar-refractivity contribution in [1.29, 1.82) is 0 Å². The molecule has 1 saturated heterocycles. The average Bonchev–Trinajstić information content (AvgIpc) is 2.67. The highest BCUT2D eigenvalue weighted by Crippen LogP contribution is 2.27.